The van der Waals surface area contributed by atoms with Crippen LogP contribution >= 0.6 is 0 Å². The van der Waals surface area contributed by atoms with Crippen LogP contribution < -0.4 is 0 Å². The minimum absolute atomic E-state index is 0.108. The molecule has 114 valence electrons. The maximum Gasteiger partial charge on any atom is 0.236 e. The van der Waals surface area contributed by atoms with Gasteiger partial charge in [-0.25, -0.2) is 0 Å². The van der Waals surface area contributed by atoms with E-state index in [1.54, 1.807) is 4.90 Å². The lowest BCUT2D eigenvalue weighted by Crippen LogP contribution is -2.44. The van der Waals surface area contributed by atoms with E-state index in [2.05, 4.69) is 9.88 Å². The van der Waals surface area contributed by atoms with E-state index in [9.17, 15) is 9.59 Å². The Morgan fingerprint density at radius 3 is 2.67 bits per heavy atom. The molecule has 0 spiro atoms. The zero-order valence-corrected chi connectivity index (χ0v) is 12.8. The van der Waals surface area contributed by atoms with Crippen LogP contribution in [0.2, 0.25) is 0 Å². The summed E-state index contributed by atoms with van der Waals surface area (Å²) in [5, 5.41) is 0. The summed E-state index contributed by atoms with van der Waals surface area (Å²) in [5.41, 5.74) is 1.97. The predicted molar refractivity (Wildman–Crippen MR) is 80.7 cm³/mol. The molecule has 1 fully saturated rings. The molecule has 0 aromatic carbocycles. The van der Waals surface area contributed by atoms with Gasteiger partial charge in [-0.1, -0.05) is 13.0 Å². The highest BCUT2D eigenvalue weighted by Crippen LogP contribution is 2.08. The van der Waals surface area contributed by atoms with Gasteiger partial charge in [-0.2, -0.15) is 0 Å². The van der Waals surface area contributed by atoms with E-state index < -0.39 is 0 Å². The summed E-state index contributed by atoms with van der Waals surface area (Å²) in [4.78, 5) is 31.9. The third-order valence-corrected chi connectivity index (χ3v) is 3.81. The van der Waals surface area contributed by atoms with Crippen LogP contribution in [0.25, 0.3) is 0 Å². The van der Waals surface area contributed by atoms with E-state index in [1.165, 1.54) is 0 Å². The number of piperidine rings is 1. The van der Waals surface area contributed by atoms with E-state index in [0.717, 1.165) is 17.9 Å². The number of Topliss-reactive ketones (excluding diaryl/α,β-unsaturated/α-hetero) is 1. The first-order valence-electron chi connectivity index (χ1n) is 7.53. The zero-order chi connectivity index (χ0) is 15.2. The van der Waals surface area contributed by atoms with Crippen molar-refractivity contribution in [3.05, 3.63) is 29.6 Å². The molecule has 0 saturated carbocycles. The normalized spacial score (nSPS) is 15.6. The topological polar surface area (TPSA) is 53.5 Å². The van der Waals surface area contributed by atoms with E-state index >= 15 is 0 Å². The van der Waals surface area contributed by atoms with Crippen molar-refractivity contribution in [1.29, 1.82) is 0 Å². The molecule has 21 heavy (non-hydrogen) atoms. The number of ketones is 1. The first-order chi connectivity index (χ1) is 10.1. The number of aryl methyl sites for hydroxylation is 1. The zero-order valence-electron chi connectivity index (χ0n) is 12.8. The lowest BCUT2D eigenvalue weighted by Gasteiger charge is -2.29. The van der Waals surface area contributed by atoms with Crippen molar-refractivity contribution in [3.63, 3.8) is 0 Å². The number of pyridine rings is 1. The fraction of sp³-hybridized carbons (Fsp3) is 0.562. The van der Waals surface area contributed by atoms with E-state index in [-0.39, 0.29) is 11.7 Å². The summed E-state index contributed by atoms with van der Waals surface area (Å²) in [6.45, 7) is 7.01. The van der Waals surface area contributed by atoms with Crippen LogP contribution in [0.3, 0.4) is 0 Å². The number of nitrogens with zero attached hydrogens (tertiary/aromatic N) is 3. The summed E-state index contributed by atoms with van der Waals surface area (Å²) in [7, 11) is 0. The monoisotopic (exact) mass is 289 g/mol. The fourth-order valence-electron chi connectivity index (χ4n) is 2.49. The van der Waals surface area contributed by atoms with Gasteiger partial charge in [-0.15, -0.1) is 0 Å². The molecule has 1 aliphatic heterocycles. The Labute approximate surface area is 126 Å². The Kier molecular flexibility index (Phi) is 5.44. The average molecular weight is 289 g/mol. The Hall–Kier alpha value is -1.75. The first-order valence-corrected chi connectivity index (χ1v) is 7.53. The lowest BCUT2D eigenvalue weighted by atomic mass is 10.1. The number of carbonyl (C=O) groups excluding carboxylic acids is 2. The molecule has 1 aromatic rings. The van der Waals surface area contributed by atoms with Crippen molar-refractivity contribution in [2.45, 2.75) is 33.2 Å². The summed E-state index contributed by atoms with van der Waals surface area (Å²) >= 11 is 0. The molecule has 0 atom stereocenters. The van der Waals surface area contributed by atoms with Crippen LogP contribution in [0.1, 0.15) is 31.2 Å². The van der Waals surface area contributed by atoms with Crippen molar-refractivity contribution in [2.75, 3.05) is 26.2 Å². The second-order valence-electron chi connectivity index (χ2n) is 5.49. The lowest BCUT2D eigenvalue weighted by molar-refractivity contribution is -0.135. The fourth-order valence-corrected chi connectivity index (χ4v) is 2.49. The van der Waals surface area contributed by atoms with Gasteiger partial charge in [0.25, 0.3) is 0 Å². The van der Waals surface area contributed by atoms with Gasteiger partial charge >= 0.3 is 0 Å². The number of likely N-dealkylation sites (tertiary alicyclic amines) is 1. The summed E-state index contributed by atoms with van der Waals surface area (Å²) in [6, 6.07) is 5.94. The molecule has 1 aromatic heterocycles. The largest absolute Gasteiger partial charge is 0.341 e. The predicted octanol–water partition coefficient (Wildman–Crippen LogP) is 1.40. The molecule has 0 bridgehead atoms. The number of aromatic nitrogens is 1. The summed E-state index contributed by atoms with van der Waals surface area (Å²) in [5.74, 6) is 0.368. The van der Waals surface area contributed by atoms with Crippen LogP contribution in [0.4, 0.5) is 0 Å². The minimum Gasteiger partial charge on any atom is -0.341 e. The van der Waals surface area contributed by atoms with Gasteiger partial charge < -0.3 is 4.90 Å². The molecule has 0 aliphatic carbocycles. The molecule has 1 aliphatic rings. The Morgan fingerprint density at radius 2 is 2.05 bits per heavy atom. The van der Waals surface area contributed by atoms with Crippen molar-refractivity contribution in [3.8, 4) is 0 Å². The highest BCUT2D eigenvalue weighted by Gasteiger charge is 2.22. The third kappa shape index (κ3) is 4.63. The maximum absolute atomic E-state index is 12.3. The molecule has 5 heteroatoms. The van der Waals surface area contributed by atoms with Crippen LogP contribution in [0, 0.1) is 6.92 Å². The number of likely N-dealkylation sites (N-methyl/N-ethyl adjacent to an activating group) is 1. The minimum atomic E-state index is 0.108. The van der Waals surface area contributed by atoms with Crippen LogP contribution in [-0.2, 0) is 16.1 Å². The molecule has 2 heterocycles. The van der Waals surface area contributed by atoms with Crippen molar-refractivity contribution in [1.82, 2.24) is 14.8 Å². The van der Waals surface area contributed by atoms with E-state index in [1.807, 2.05) is 32.0 Å². The smallest absolute Gasteiger partial charge is 0.236 e. The van der Waals surface area contributed by atoms with E-state index in [4.69, 9.17) is 0 Å². The van der Waals surface area contributed by atoms with Crippen LogP contribution in [0.5, 0.6) is 0 Å². The summed E-state index contributed by atoms with van der Waals surface area (Å²) in [6.07, 6.45) is 0.995. The Morgan fingerprint density at radius 1 is 1.33 bits per heavy atom. The van der Waals surface area contributed by atoms with Gasteiger partial charge in [0.2, 0.25) is 5.91 Å². The van der Waals surface area contributed by atoms with Gasteiger partial charge in [-0.05, 0) is 25.6 Å². The summed E-state index contributed by atoms with van der Waals surface area (Å²) < 4.78 is 0. The Bertz CT molecular complexity index is 506. The molecule has 5 nitrogen and oxygen atoms in total. The van der Waals surface area contributed by atoms with Gasteiger partial charge in [0.05, 0.1) is 12.2 Å². The molecular weight excluding hydrogens is 266 g/mol. The second-order valence-corrected chi connectivity index (χ2v) is 5.49. The van der Waals surface area contributed by atoms with Crippen LogP contribution in [-0.4, -0.2) is 52.7 Å². The molecule has 1 amide bonds. The highest BCUT2D eigenvalue weighted by molar-refractivity contribution is 5.84. The standard InChI is InChI=1S/C16H23N3O2/c1-3-18(11-14-6-4-5-13(2)17-14)12-16(21)19-9-7-15(20)8-10-19/h4-6H,3,7-12H2,1-2H3. The van der Waals surface area contributed by atoms with Crippen LogP contribution in [0.15, 0.2) is 18.2 Å². The molecule has 1 saturated heterocycles. The maximum atomic E-state index is 12.3. The quantitative estimate of drug-likeness (QED) is 0.822. The Balaban J connectivity index is 1.89. The first kappa shape index (κ1) is 15.6. The van der Waals surface area contributed by atoms with Crippen molar-refractivity contribution < 1.29 is 9.59 Å². The number of amides is 1. The molecule has 2 rings (SSSR count). The van der Waals surface area contributed by atoms with Gasteiger partial charge in [0, 0.05) is 38.2 Å². The number of carbonyl (C=O) groups is 2. The number of hydrogen-bond donors (Lipinski definition) is 0. The number of hydrogen-bond acceptors (Lipinski definition) is 4. The third-order valence-electron chi connectivity index (χ3n) is 3.81. The van der Waals surface area contributed by atoms with Gasteiger partial charge in [-0.3, -0.25) is 19.5 Å². The van der Waals surface area contributed by atoms with Gasteiger partial charge in [0.1, 0.15) is 5.78 Å². The molecule has 0 radical (unpaired) electrons. The highest BCUT2D eigenvalue weighted by atomic mass is 16.2. The molecular formula is C16H23N3O2. The average Bonchev–Trinajstić information content (AvgIpc) is 2.47. The second kappa shape index (κ2) is 7.31. The molecule has 0 unspecified atom stereocenters. The molecule has 0 N–H and O–H groups in total. The van der Waals surface area contributed by atoms with Gasteiger partial charge in [0.15, 0.2) is 0 Å². The van der Waals surface area contributed by atoms with E-state index in [0.29, 0.717) is 39.0 Å². The SMILES string of the molecule is CCN(CC(=O)N1CCC(=O)CC1)Cc1cccc(C)n1. The van der Waals surface area contributed by atoms with Crippen molar-refractivity contribution >= 4 is 11.7 Å². The number of rotatable bonds is 5. The van der Waals surface area contributed by atoms with Crippen molar-refractivity contribution in [2.24, 2.45) is 0 Å².